The Morgan fingerprint density at radius 3 is 2.00 bits per heavy atom. The van der Waals surface area contributed by atoms with Crippen molar-refractivity contribution in [2.24, 2.45) is 0 Å². The van der Waals surface area contributed by atoms with Gasteiger partial charge in [-0.3, -0.25) is 0 Å². The van der Waals surface area contributed by atoms with Gasteiger partial charge in [0.2, 0.25) is 0 Å². The molecular formula is C22H17NS2. The first-order chi connectivity index (χ1) is 12.3. The lowest BCUT2D eigenvalue weighted by Crippen LogP contribution is -1.88. The molecule has 4 aromatic rings. The number of nitrogens with zero attached hydrogens (tertiary/aromatic N) is 1. The highest BCUT2D eigenvalue weighted by molar-refractivity contribution is 8.00. The number of aromatic nitrogens is 1. The summed E-state index contributed by atoms with van der Waals surface area (Å²) in [5.41, 5.74) is 2.30. The van der Waals surface area contributed by atoms with E-state index in [4.69, 9.17) is 4.98 Å². The largest absolute Gasteiger partial charge is 0.241 e. The van der Waals surface area contributed by atoms with E-state index in [1.165, 1.54) is 25.6 Å². The quantitative estimate of drug-likeness (QED) is 0.396. The van der Waals surface area contributed by atoms with Crippen molar-refractivity contribution in [3.05, 3.63) is 90.5 Å². The molecule has 3 heteroatoms. The Bertz CT molecular complexity index is 998. The Labute approximate surface area is 156 Å². The maximum absolute atomic E-state index is 4.86. The van der Waals surface area contributed by atoms with Gasteiger partial charge in [-0.25, -0.2) is 4.98 Å². The highest BCUT2D eigenvalue weighted by atomic mass is 32.2. The van der Waals surface area contributed by atoms with Crippen molar-refractivity contribution in [3.8, 4) is 0 Å². The molecule has 0 radical (unpaired) electrons. The molecule has 0 saturated carbocycles. The zero-order valence-corrected chi connectivity index (χ0v) is 15.5. The van der Waals surface area contributed by atoms with Crippen LogP contribution in [0.4, 0.5) is 0 Å². The maximum Gasteiger partial charge on any atom is 0.103 e. The zero-order chi connectivity index (χ0) is 17.1. The molecule has 0 spiro atoms. The van der Waals surface area contributed by atoms with Gasteiger partial charge in [0.25, 0.3) is 0 Å². The third-order valence-electron chi connectivity index (χ3n) is 3.84. The van der Waals surface area contributed by atoms with E-state index in [1.807, 2.05) is 6.07 Å². The van der Waals surface area contributed by atoms with Crippen molar-refractivity contribution in [1.29, 1.82) is 0 Å². The predicted molar refractivity (Wildman–Crippen MR) is 108 cm³/mol. The summed E-state index contributed by atoms with van der Waals surface area (Å²) in [5, 5.41) is 2.24. The van der Waals surface area contributed by atoms with Gasteiger partial charge in [-0.05, 0) is 49.4 Å². The SMILES string of the molecule is Cc1ccc2nc(Sc3ccccc3)cc(Sc3ccccc3)c2c1. The number of rotatable bonds is 4. The maximum atomic E-state index is 4.86. The topological polar surface area (TPSA) is 12.9 Å². The predicted octanol–water partition coefficient (Wildman–Crippen LogP) is 6.85. The molecule has 25 heavy (non-hydrogen) atoms. The Kier molecular flexibility index (Phi) is 4.77. The van der Waals surface area contributed by atoms with E-state index in [0.29, 0.717) is 0 Å². The molecule has 0 aliphatic rings. The summed E-state index contributed by atoms with van der Waals surface area (Å²) in [6.07, 6.45) is 0. The highest BCUT2D eigenvalue weighted by Crippen LogP contribution is 2.37. The van der Waals surface area contributed by atoms with Crippen LogP contribution >= 0.6 is 23.5 Å². The average Bonchev–Trinajstić information content (AvgIpc) is 2.64. The number of hydrogen-bond acceptors (Lipinski definition) is 3. The Balaban J connectivity index is 1.79. The summed E-state index contributed by atoms with van der Waals surface area (Å²) in [6, 6.07) is 29.6. The van der Waals surface area contributed by atoms with Gasteiger partial charge in [0.05, 0.1) is 5.52 Å². The number of fused-ring (bicyclic) bond motifs is 1. The normalized spacial score (nSPS) is 10.9. The molecule has 0 fully saturated rings. The van der Waals surface area contributed by atoms with Crippen molar-refractivity contribution in [2.45, 2.75) is 26.6 Å². The lowest BCUT2D eigenvalue weighted by molar-refractivity contribution is 1.15. The molecule has 1 nitrogen and oxygen atoms in total. The third-order valence-corrected chi connectivity index (χ3v) is 5.83. The van der Waals surface area contributed by atoms with Crippen LogP contribution < -0.4 is 0 Å². The van der Waals surface area contributed by atoms with E-state index in [-0.39, 0.29) is 0 Å². The first kappa shape index (κ1) is 16.2. The average molecular weight is 360 g/mol. The summed E-state index contributed by atoms with van der Waals surface area (Å²) < 4.78 is 0. The summed E-state index contributed by atoms with van der Waals surface area (Å²) in [7, 11) is 0. The van der Waals surface area contributed by atoms with E-state index in [2.05, 4.69) is 85.8 Å². The van der Waals surface area contributed by atoms with Gasteiger partial charge in [-0.1, -0.05) is 71.6 Å². The Morgan fingerprint density at radius 1 is 0.680 bits per heavy atom. The van der Waals surface area contributed by atoms with Crippen LogP contribution in [0.2, 0.25) is 0 Å². The lowest BCUT2D eigenvalue weighted by Gasteiger charge is -2.10. The van der Waals surface area contributed by atoms with Crippen LogP contribution in [0.15, 0.2) is 105 Å². The van der Waals surface area contributed by atoms with Crippen LogP contribution in [0, 0.1) is 6.92 Å². The standard InChI is InChI=1S/C22H17NS2/c1-16-12-13-20-19(14-16)21(24-17-8-4-2-5-9-17)15-22(23-20)25-18-10-6-3-7-11-18/h2-15H,1H3. The van der Waals surface area contributed by atoms with Crippen LogP contribution in [-0.4, -0.2) is 4.98 Å². The van der Waals surface area contributed by atoms with Crippen molar-refractivity contribution in [1.82, 2.24) is 4.98 Å². The van der Waals surface area contributed by atoms with Crippen LogP contribution in [0.1, 0.15) is 5.56 Å². The number of aryl methyl sites for hydroxylation is 1. The smallest absolute Gasteiger partial charge is 0.103 e. The minimum Gasteiger partial charge on any atom is -0.241 e. The van der Waals surface area contributed by atoms with E-state index >= 15 is 0 Å². The molecule has 3 aromatic carbocycles. The molecule has 0 unspecified atom stereocenters. The Hall–Kier alpha value is -2.23. The van der Waals surface area contributed by atoms with Crippen LogP contribution in [-0.2, 0) is 0 Å². The van der Waals surface area contributed by atoms with Crippen LogP contribution in [0.3, 0.4) is 0 Å². The van der Waals surface area contributed by atoms with Crippen LogP contribution in [0.5, 0.6) is 0 Å². The molecule has 0 saturated heterocycles. The second-order valence-corrected chi connectivity index (χ2v) is 8.02. The van der Waals surface area contributed by atoms with E-state index < -0.39 is 0 Å². The summed E-state index contributed by atoms with van der Waals surface area (Å²) in [4.78, 5) is 8.56. The molecule has 1 heterocycles. The molecule has 0 aliphatic heterocycles. The second kappa shape index (κ2) is 7.34. The molecule has 122 valence electrons. The molecule has 0 amide bonds. The summed E-state index contributed by atoms with van der Waals surface area (Å²) in [5.74, 6) is 0. The first-order valence-corrected chi connectivity index (χ1v) is 9.78. The van der Waals surface area contributed by atoms with Gasteiger partial charge >= 0.3 is 0 Å². The monoisotopic (exact) mass is 359 g/mol. The van der Waals surface area contributed by atoms with Crippen molar-refractivity contribution < 1.29 is 0 Å². The second-order valence-electron chi connectivity index (χ2n) is 5.81. The van der Waals surface area contributed by atoms with E-state index in [9.17, 15) is 0 Å². The van der Waals surface area contributed by atoms with Gasteiger partial charge in [-0.2, -0.15) is 0 Å². The van der Waals surface area contributed by atoms with Crippen molar-refractivity contribution in [3.63, 3.8) is 0 Å². The first-order valence-electron chi connectivity index (χ1n) is 8.15. The molecule has 0 bridgehead atoms. The lowest BCUT2D eigenvalue weighted by atomic mass is 10.1. The molecule has 1 aromatic heterocycles. The fourth-order valence-electron chi connectivity index (χ4n) is 2.65. The van der Waals surface area contributed by atoms with Gasteiger partial charge in [0.15, 0.2) is 0 Å². The van der Waals surface area contributed by atoms with Crippen molar-refractivity contribution in [2.75, 3.05) is 0 Å². The number of pyridine rings is 1. The fraction of sp³-hybridized carbons (Fsp3) is 0.0455. The van der Waals surface area contributed by atoms with E-state index in [0.717, 1.165) is 10.5 Å². The van der Waals surface area contributed by atoms with Gasteiger partial charge < -0.3 is 0 Å². The molecule has 0 aliphatic carbocycles. The van der Waals surface area contributed by atoms with Gasteiger partial charge in [-0.15, -0.1) is 0 Å². The Morgan fingerprint density at radius 2 is 1.32 bits per heavy atom. The molecule has 0 atom stereocenters. The minimum atomic E-state index is 1.03. The fourth-order valence-corrected chi connectivity index (χ4v) is 4.57. The zero-order valence-electron chi connectivity index (χ0n) is 13.8. The molecule has 0 N–H and O–H groups in total. The van der Waals surface area contributed by atoms with Gasteiger partial charge in [0.1, 0.15) is 5.03 Å². The number of benzene rings is 3. The van der Waals surface area contributed by atoms with E-state index in [1.54, 1.807) is 23.5 Å². The van der Waals surface area contributed by atoms with Crippen molar-refractivity contribution >= 4 is 34.4 Å². The summed E-state index contributed by atoms with van der Waals surface area (Å²) in [6.45, 7) is 2.13. The number of hydrogen-bond donors (Lipinski definition) is 0. The third kappa shape index (κ3) is 3.89. The minimum absolute atomic E-state index is 1.03. The molecule has 4 rings (SSSR count). The molecular weight excluding hydrogens is 342 g/mol. The summed E-state index contributed by atoms with van der Waals surface area (Å²) >= 11 is 3.50. The highest BCUT2D eigenvalue weighted by Gasteiger charge is 2.09. The van der Waals surface area contributed by atoms with Crippen LogP contribution in [0.25, 0.3) is 10.9 Å². The van der Waals surface area contributed by atoms with Gasteiger partial charge in [0, 0.05) is 20.1 Å².